The standard InChI is InChI=1S/C25H28FN5O3S/c1-2-29-13-15-30(16-14-29)23-10-7-20(18-22(23)26)25-27-24(34-28-25)11-6-19-4-8-21(9-5-19)31-12-3-17-35(31,32)33/h4-11,18H,2-3,12-17H2,1H3/b11-6+. The zero-order chi connectivity index (χ0) is 24.4. The summed E-state index contributed by atoms with van der Waals surface area (Å²) >= 11 is 0. The maximum atomic E-state index is 14.9. The Bertz CT molecular complexity index is 1320. The number of anilines is 2. The molecule has 0 unspecified atom stereocenters. The van der Waals surface area contributed by atoms with Crippen LogP contribution < -0.4 is 9.21 Å². The van der Waals surface area contributed by atoms with Crippen LogP contribution in [0.2, 0.25) is 0 Å². The summed E-state index contributed by atoms with van der Waals surface area (Å²) in [5, 5.41) is 3.99. The number of hydrogen-bond acceptors (Lipinski definition) is 7. The van der Waals surface area contributed by atoms with E-state index in [2.05, 4.69) is 26.9 Å². The van der Waals surface area contributed by atoms with E-state index >= 15 is 0 Å². The minimum Gasteiger partial charge on any atom is -0.367 e. The number of aromatic nitrogens is 2. The van der Waals surface area contributed by atoms with Gasteiger partial charge >= 0.3 is 0 Å². The van der Waals surface area contributed by atoms with Gasteiger partial charge in [-0.15, -0.1) is 0 Å². The number of rotatable bonds is 6. The Balaban J connectivity index is 1.25. The number of nitrogens with zero attached hydrogens (tertiary/aromatic N) is 5. The molecular formula is C25H28FN5O3S. The van der Waals surface area contributed by atoms with Gasteiger partial charge < -0.3 is 14.3 Å². The third kappa shape index (κ3) is 5.08. The van der Waals surface area contributed by atoms with Crippen LogP contribution >= 0.6 is 0 Å². The normalized spacial score (nSPS) is 18.6. The summed E-state index contributed by atoms with van der Waals surface area (Å²) in [5.74, 6) is 0.512. The van der Waals surface area contributed by atoms with Gasteiger partial charge in [0.25, 0.3) is 5.89 Å². The second kappa shape index (κ2) is 9.79. The molecule has 2 aromatic carbocycles. The fourth-order valence-corrected chi connectivity index (χ4v) is 6.04. The van der Waals surface area contributed by atoms with Gasteiger partial charge in [0.05, 0.1) is 17.1 Å². The third-order valence-electron chi connectivity index (χ3n) is 6.51. The smallest absolute Gasteiger partial charge is 0.250 e. The zero-order valence-electron chi connectivity index (χ0n) is 19.6. The lowest BCUT2D eigenvalue weighted by Gasteiger charge is -2.35. The molecule has 2 aliphatic rings. The summed E-state index contributed by atoms with van der Waals surface area (Å²) in [6.45, 7) is 7.12. The fraction of sp³-hybridized carbons (Fsp3) is 0.360. The van der Waals surface area contributed by atoms with Gasteiger partial charge in [0.1, 0.15) is 5.82 Å². The highest BCUT2D eigenvalue weighted by Crippen LogP contribution is 2.27. The summed E-state index contributed by atoms with van der Waals surface area (Å²) in [5.41, 5.74) is 2.68. The lowest BCUT2D eigenvalue weighted by atomic mass is 10.1. The maximum Gasteiger partial charge on any atom is 0.250 e. The molecule has 5 rings (SSSR count). The van der Waals surface area contributed by atoms with E-state index in [-0.39, 0.29) is 11.6 Å². The number of piperazine rings is 1. The Labute approximate surface area is 204 Å². The highest BCUT2D eigenvalue weighted by atomic mass is 32.2. The van der Waals surface area contributed by atoms with Crippen LogP contribution in [0.3, 0.4) is 0 Å². The van der Waals surface area contributed by atoms with Gasteiger partial charge in [-0.1, -0.05) is 24.2 Å². The van der Waals surface area contributed by atoms with E-state index in [1.54, 1.807) is 30.4 Å². The van der Waals surface area contributed by atoms with Gasteiger partial charge in [-0.2, -0.15) is 4.98 Å². The molecule has 8 nitrogen and oxygen atoms in total. The Kier molecular flexibility index (Phi) is 6.57. The first kappa shape index (κ1) is 23.5. The number of likely N-dealkylation sites (N-methyl/N-ethyl adjacent to an activating group) is 1. The zero-order valence-corrected chi connectivity index (χ0v) is 20.4. The molecule has 3 heterocycles. The van der Waals surface area contributed by atoms with E-state index in [9.17, 15) is 12.8 Å². The monoisotopic (exact) mass is 497 g/mol. The van der Waals surface area contributed by atoms with E-state index in [0.717, 1.165) is 38.3 Å². The van der Waals surface area contributed by atoms with E-state index in [1.165, 1.54) is 10.4 Å². The predicted molar refractivity (Wildman–Crippen MR) is 135 cm³/mol. The summed E-state index contributed by atoms with van der Waals surface area (Å²) in [6.07, 6.45) is 4.13. The molecule has 0 atom stereocenters. The summed E-state index contributed by atoms with van der Waals surface area (Å²) in [4.78, 5) is 8.78. The lowest BCUT2D eigenvalue weighted by Crippen LogP contribution is -2.46. The maximum absolute atomic E-state index is 14.9. The van der Waals surface area contributed by atoms with Crippen molar-refractivity contribution in [2.75, 3.05) is 54.2 Å². The van der Waals surface area contributed by atoms with Crippen LogP contribution in [0.4, 0.5) is 15.8 Å². The topological polar surface area (TPSA) is 82.8 Å². The van der Waals surface area contributed by atoms with Crippen molar-refractivity contribution >= 4 is 33.6 Å². The molecule has 0 amide bonds. The van der Waals surface area contributed by atoms with E-state index < -0.39 is 10.0 Å². The van der Waals surface area contributed by atoms with Crippen LogP contribution in [0.25, 0.3) is 23.5 Å². The molecule has 1 aromatic heterocycles. The van der Waals surface area contributed by atoms with Crippen molar-refractivity contribution in [3.63, 3.8) is 0 Å². The number of sulfonamides is 1. The van der Waals surface area contributed by atoms with E-state index in [4.69, 9.17) is 4.52 Å². The SMILES string of the molecule is CCN1CCN(c2ccc(-c3noc(/C=C/c4ccc(N5CCCS5(=O)=O)cc4)n3)cc2F)CC1. The molecule has 10 heteroatoms. The molecule has 3 aromatic rings. The fourth-order valence-electron chi connectivity index (χ4n) is 4.48. The second-order valence-electron chi connectivity index (χ2n) is 8.71. The Hall–Kier alpha value is -3.24. The highest BCUT2D eigenvalue weighted by molar-refractivity contribution is 7.93. The minimum absolute atomic E-state index is 0.191. The average molecular weight is 498 g/mol. The Morgan fingerprint density at radius 1 is 1.03 bits per heavy atom. The van der Waals surface area contributed by atoms with Crippen LogP contribution in [-0.2, 0) is 10.0 Å². The van der Waals surface area contributed by atoms with Gasteiger partial charge in [0, 0.05) is 44.4 Å². The van der Waals surface area contributed by atoms with Gasteiger partial charge in [-0.05, 0) is 54.9 Å². The van der Waals surface area contributed by atoms with Crippen LogP contribution in [0, 0.1) is 5.82 Å². The number of hydrogen-bond donors (Lipinski definition) is 0. The molecule has 0 saturated carbocycles. The summed E-state index contributed by atoms with van der Waals surface area (Å²) in [7, 11) is -3.20. The van der Waals surface area contributed by atoms with Gasteiger partial charge in [-0.3, -0.25) is 4.31 Å². The Morgan fingerprint density at radius 2 is 1.80 bits per heavy atom. The van der Waals surface area contributed by atoms with Crippen molar-refractivity contribution in [3.05, 3.63) is 59.7 Å². The summed E-state index contributed by atoms with van der Waals surface area (Å²) < 4.78 is 45.8. The second-order valence-corrected chi connectivity index (χ2v) is 10.7. The molecule has 35 heavy (non-hydrogen) atoms. The van der Waals surface area contributed by atoms with Crippen LogP contribution in [0.5, 0.6) is 0 Å². The predicted octanol–water partition coefficient (Wildman–Crippen LogP) is 3.73. The van der Waals surface area contributed by atoms with Crippen LogP contribution in [0.1, 0.15) is 24.8 Å². The van der Waals surface area contributed by atoms with Crippen LogP contribution in [0.15, 0.2) is 47.0 Å². The largest absolute Gasteiger partial charge is 0.367 e. The van der Waals surface area contributed by atoms with Crippen molar-refractivity contribution in [3.8, 4) is 11.4 Å². The molecule has 0 N–H and O–H groups in total. The van der Waals surface area contributed by atoms with Crippen molar-refractivity contribution < 1.29 is 17.3 Å². The van der Waals surface area contributed by atoms with Crippen molar-refractivity contribution in [1.29, 1.82) is 0 Å². The lowest BCUT2D eigenvalue weighted by molar-refractivity contribution is 0.270. The molecular weight excluding hydrogens is 469 g/mol. The van der Waals surface area contributed by atoms with Gasteiger partial charge in [0.2, 0.25) is 15.8 Å². The van der Waals surface area contributed by atoms with Crippen LogP contribution in [-0.4, -0.2) is 68.5 Å². The molecule has 2 fully saturated rings. The minimum atomic E-state index is -3.20. The molecule has 184 valence electrons. The first-order valence-electron chi connectivity index (χ1n) is 11.8. The van der Waals surface area contributed by atoms with Gasteiger partial charge in [0.15, 0.2) is 0 Å². The van der Waals surface area contributed by atoms with Crippen molar-refractivity contribution in [1.82, 2.24) is 15.0 Å². The molecule has 0 radical (unpaired) electrons. The Morgan fingerprint density at radius 3 is 2.46 bits per heavy atom. The van der Waals surface area contributed by atoms with E-state index in [0.29, 0.717) is 41.6 Å². The molecule has 0 bridgehead atoms. The van der Waals surface area contributed by atoms with Crippen molar-refractivity contribution in [2.45, 2.75) is 13.3 Å². The summed E-state index contributed by atoms with van der Waals surface area (Å²) in [6, 6.07) is 12.3. The highest BCUT2D eigenvalue weighted by Gasteiger charge is 2.28. The number of benzene rings is 2. The first-order valence-corrected chi connectivity index (χ1v) is 13.4. The quantitative estimate of drug-likeness (QED) is 0.513. The molecule has 0 aliphatic carbocycles. The molecule has 2 saturated heterocycles. The van der Waals surface area contributed by atoms with Gasteiger partial charge in [-0.25, -0.2) is 12.8 Å². The van der Waals surface area contributed by atoms with Crippen molar-refractivity contribution in [2.24, 2.45) is 0 Å². The average Bonchev–Trinajstić information content (AvgIpc) is 3.49. The van der Waals surface area contributed by atoms with E-state index in [1.807, 2.05) is 18.2 Å². The number of halogens is 1. The third-order valence-corrected chi connectivity index (χ3v) is 8.38. The molecule has 2 aliphatic heterocycles. The first-order chi connectivity index (χ1) is 16.9. The molecule has 0 spiro atoms.